The minimum absolute atomic E-state index is 0.136. The van der Waals surface area contributed by atoms with Crippen LogP contribution in [0.1, 0.15) is 13.8 Å². The number of aromatic nitrogens is 4. The number of rotatable bonds is 3. The number of benzene rings is 1. The Kier molecular flexibility index (Phi) is 4.42. The summed E-state index contributed by atoms with van der Waals surface area (Å²) < 4.78 is 7.59. The predicted molar refractivity (Wildman–Crippen MR) is 103 cm³/mol. The van der Waals surface area contributed by atoms with Crippen molar-refractivity contribution in [1.29, 1.82) is 0 Å². The summed E-state index contributed by atoms with van der Waals surface area (Å²) in [5.74, 6) is 1.41. The Bertz CT molecular complexity index is 915. The molecule has 136 valence electrons. The van der Waals surface area contributed by atoms with Gasteiger partial charge < -0.3 is 15.0 Å². The monoisotopic (exact) mass is 372 g/mol. The number of fused-ring (bicyclic) bond motifs is 1. The van der Waals surface area contributed by atoms with Gasteiger partial charge in [0.25, 0.3) is 0 Å². The highest BCUT2D eigenvalue weighted by atomic mass is 35.5. The first-order valence-electron chi connectivity index (χ1n) is 8.62. The number of hydrogen-bond acceptors (Lipinski definition) is 6. The molecule has 1 N–H and O–H groups in total. The maximum absolute atomic E-state index is 5.98. The first kappa shape index (κ1) is 17.1. The van der Waals surface area contributed by atoms with Crippen LogP contribution in [0, 0.1) is 0 Å². The molecule has 4 rings (SSSR count). The van der Waals surface area contributed by atoms with Gasteiger partial charge in [-0.2, -0.15) is 15.1 Å². The van der Waals surface area contributed by atoms with Gasteiger partial charge >= 0.3 is 0 Å². The highest BCUT2D eigenvalue weighted by Gasteiger charge is 2.25. The van der Waals surface area contributed by atoms with Gasteiger partial charge in [-0.25, -0.2) is 0 Å². The second kappa shape index (κ2) is 6.74. The fourth-order valence-electron chi connectivity index (χ4n) is 3.26. The number of nitrogens with one attached hydrogen (secondary N) is 1. The van der Waals surface area contributed by atoms with Crippen LogP contribution in [-0.4, -0.2) is 45.0 Å². The molecule has 0 saturated carbocycles. The number of halogens is 1. The molecular formula is C18H21ClN6O. The minimum Gasteiger partial charge on any atom is -0.372 e. The average molecular weight is 373 g/mol. The Morgan fingerprint density at radius 1 is 1.12 bits per heavy atom. The van der Waals surface area contributed by atoms with Gasteiger partial charge in [0, 0.05) is 30.8 Å². The molecule has 0 unspecified atom stereocenters. The Balaban J connectivity index is 1.75. The van der Waals surface area contributed by atoms with Crippen molar-refractivity contribution in [3.63, 3.8) is 0 Å². The maximum Gasteiger partial charge on any atom is 0.229 e. The van der Waals surface area contributed by atoms with E-state index in [9.17, 15) is 0 Å². The van der Waals surface area contributed by atoms with Crippen LogP contribution < -0.4 is 10.2 Å². The summed E-state index contributed by atoms with van der Waals surface area (Å²) in [4.78, 5) is 11.7. The minimum atomic E-state index is 0.136. The maximum atomic E-state index is 5.98. The highest BCUT2D eigenvalue weighted by molar-refractivity contribution is 6.30. The Labute approximate surface area is 156 Å². The van der Waals surface area contributed by atoms with Crippen molar-refractivity contribution in [2.75, 3.05) is 23.3 Å². The molecule has 2 aromatic heterocycles. The van der Waals surface area contributed by atoms with Crippen molar-refractivity contribution in [2.24, 2.45) is 7.05 Å². The van der Waals surface area contributed by atoms with Crippen LogP contribution in [0.5, 0.6) is 0 Å². The van der Waals surface area contributed by atoms with Gasteiger partial charge in [0.2, 0.25) is 5.95 Å². The molecule has 1 aliphatic heterocycles. The summed E-state index contributed by atoms with van der Waals surface area (Å²) >= 11 is 5.98. The van der Waals surface area contributed by atoms with Crippen molar-refractivity contribution in [1.82, 2.24) is 19.7 Å². The Morgan fingerprint density at radius 2 is 1.81 bits per heavy atom. The van der Waals surface area contributed by atoms with E-state index in [1.165, 1.54) is 0 Å². The molecule has 0 radical (unpaired) electrons. The van der Waals surface area contributed by atoms with Gasteiger partial charge in [0.05, 0.1) is 23.8 Å². The number of anilines is 3. The number of hydrogen-bond donors (Lipinski definition) is 1. The zero-order chi connectivity index (χ0) is 18.3. The number of ether oxygens (including phenoxy) is 1. The molecular weight excluding hydrogens is 352 g/mol. The van der Waals surface area contributed by atoms with Gasteiger partial charge in [0.15, 0.2) is 5.65 Å². The predicted octanol–water partition coefficient (Wildman–Crippen LogP) is 3.37. The van der Waals surface area contributed by atoms with Crippen molar-refractivity contribution in [3.05, 3.63) is 35.5 Å². The summed E-state index contributed by atoms with van der Waals surface area (Å²) in [5, 5.41) is 9.28. The molecule has 0 spiro atoms. The summed E-state index contributed by atoms with van der Waals surface area (Å²) in [7, 11) is 1.88. The second-order valence-electron chi connectivity index (χ2n) is 6.67. The van der Waals surface area contributed by atoms with Crippen LogP contribution in [0.4, 0.5) is 17.5 Å². The lowest BCUT2D eigenvalue weighted by atomic mass is 10.2. The summed E-state index contributed by atoms with van der Waals surface area (Å²) in [5.41, 5.74) is 1.70. The first-order valence-corrected chi connectivity index (χ1v) is 9.00. The fourth-order valence-corrected chi connectivity index (χ4v) is 3.38. The molecule has 26 heavy (non-hydrogen) atoms. The molecule has 1 aromatic carbocycles. The van der Waals surface area contributed by atoms with Crippen molar-refractivity contribution in [2.45, 2.75) is 26.1 Å². The normalized spacial score (nSPS) is 20.5. The van der Waals surface area contributed by atoms with Gasteiger partial charge in [-0.15, -0.1) is 0 Å². The standard InChI is InChI=1S/C18H21ClN6O/c1-11-9-25(10-12(2)26-11)18-22-16(15-8-20-24(3)17(15)23-18)21-14-6-4-13(19)5-7-14/h4-8,11-12H,9-10H2,1-3H3,(H,21,22,23)/t11-,12+. The largest absolute Gasteiger partial charge is 0.372 e. The van der Waals surface area contributed by atoms with E-state index in [4.69, 9.17) is 26.3 Å². The molecule has 0 bridgehead atoms. The van der Waals surface area contributed by atoms with Gasteiger partial charge in [0.1, 0.15) is 5.82 Å². The lowest BCUT2D eigenvalue weighted by molar-refractivity contribution is -0.00569. The number of aryl methyl sites for hydroxylation is 1. The quantitative estimate of drug-likeness (QED) is 0.760. The average Bonchev–Trinajstić information content (AvgIpc) is 2.97. The van der Waals surface area contributed by atoms with E-state index in [-0.39, 0.29) is 12.2 Å². The molecule has 0 aliphatic carbocycles. The third kappa shape index (κ3) is 3.32. The van der Waals surface area contributed by atoms with Crippen LogP contribution in [-0.2, 0) is 11.8 Å². The van der Waals surface area contributed by atoms with Crippen LogP contribution in [0.3, 0.4) is 0 Å². The lowest BCUT2D eigenvalue weighted by Crippen LogP contribution is -2.46. The Hall–Kier alpha value is -2.38. The van der Waals surface area contributed by atoms with Gasteiger partial charge in [-0.1, -0.05) is 11.6 Å². The topological polar surface area (TPSA) is 68.1 Å². The van der Waals surface area contributed by atoms with E-state index in [0.717, 1.165) is 35.6 Å². The molecule has 7 nitrogen and oxygen atoms in total. The van der Waals surface area contributed by atoms with Crippen LogP contribution in [0.15, 0.2) is 30.5 Å². The van der Waals surface area contributed by atoms with E-state index >= 15 is 0 Å². The molecule has 1 fully saturated rings. The molecule has 0 amide bonds. The number of nitrogens with zero attached hydrogens (tertiary/aromatic N) is 5. The lowest BCUT2D eigenvalue weighted by Gasteiger charge is -2.35. The summed E-state index contributed by atoms with van der Waals surface area (Å²) in [6, 6.07) is 7.53. The van der Waals surface area contributed by atoms with E-state index in [0.29, 0.717) is 11.0 Å². The first-order chi connectivity index (χ1) is 12.5. The fraction of sp³-hybridized carbons (Fsp3) is 0.389. The summed E-state index contributed by atoms with van der Waals surface area (Å²) in [6.07, 6.45) is 2.05. The van der Waals surface area contributed by atoms with E-state index in [1.54, 1.807) is 10.9 Å². The zero-order valence-electron chi connectivity index (χ0n) is 15.0. The van der Waals surface area contributed by atoms with Crippen molar-refractivity contribution >= 4 is 40.1 Å². The van der Waals surface area contributed by atoms with Crippen LogP contribution in [0.2, 0.25) is 5.02 Å². The third-order valence-electron chi connectivity index (χ3n) is 4.39. The van der Waals surface area contributed by atoms with Crippen LogP contribution in [0.25, 0.3) is 11.0 Å². The Morgan fingerprint density at radius 3 is 2.50 bits per heavy atom. The SMILES string of the molecule is C[C@@H]1CN(c2nc(Nc3ccc(Cl)cc3)c3cnn(C)c3n2)C[C@H](C)O1. The summed E-state index contributed by atoms with van der Waals surface area (Å²) in [6.45, 7) is 5.65. The number of morpholine rings is 1. The van der Waals surface area contributed by atoms with Crippen molar-refractivity contribution in [3.8, 4) is 0 Å². The van der Waals surface area contributed by atoms with Crippen molar-refractivity contribution < 1.29 is 4.74 Å². The molecule has 8 heteroatoms. The zero-order valence-corrected chi connectivity index (χ0v) is 15.7. The third-order valence-corrected chi connectivity index (χ3v) is 4.64. The molecule has 1 saturated heterocycles. The molecule has 1 aliphatic rings. The highest BCUT2D eigenvalue weighted by Crippen LogP contribution is 2.27. The molecule has 2 atom stereocenters. The molecule has 3 heterocycles. The van der Waals surface area contributed by atoms with Gasteiger partial charge in [-0.3, -0.25) is 4.68 Å². The van der Waals surface area contributed by atoms with E-state index in [2.05, 4.69) is 29.2 Å². The van der Waals surface area contributed by atoms with Gasteiger partial charge in [-0.05, 0) is 38.1 Å². The van der Waals surface area contributed by atoms with Crippen LogP contribution >= 0.6 is 11.6 Å². The van der Waals surface area contributed by atoms with E-state index in [1.807, 2.05) is 31.3 Å². The second-order valence-corrected chi connectivity index (χ2v) is 7.11. The molecule has 3 aromatic rings. The van der Waals surface area contributed by atoms with E-state index < -0.39 is 0 Å². The smallest absolute Gasteiger partial charge is 0.229 e.